The summed E-state index contributed by atoms with van der Waals surface area (Å²) in [4.78, 5) is 0.313. The van der Waals surface area contributed by atoms with E-state index in [1.54, 1.807) is 12.1 Å². The van der Waals surface area contributed by atoms with Crippen LogP contribution in [-0.2, 0) is 22.9 Å². The number of fused-ring (bicyclic) bond motifs is 1. The van der Waals surface area contributed by atoms with Gasteiger partial charge in [-0.1, -0.05) is 12.0 Å². The Bertz CT molecular complexity index is 555. The van der Waals surface area contributed by atoms with Gasteiger partial charge in [-0.2, -0.15) is 4.72 Å². The zero-order valence-corrected chi connectivity index (χ0v) is 10.4. The van der Waals surface area contributed by atoms with Gasteiger partial charge in [0, 0.05) is 0 Å². The molecule has 0 aromatic heterocycles. The Morgan fingerprint density at radius 3 is 2.65 bits per heavy atom. The van der Waals surface area contributed by atoms with Crippen molar-refractivity contribution in [2.45, 2.75) is 30.6 Å². The number of terminal acetylenes is 1. The van der Waals surface area contributed by atoms with Crippen molar-refractivity contribution in [1.82, 2.24) is 4.72 Å². The second-order valence-electron chi connectivity index (χ2n) is 4.17. The van der Waals surface area contributed by atoms with Crippen LogP contribution in [0.25, 0.3) is 0 Å². The molecule has 1 aliphatic carbocycles. The van der Waals surface area contributed by atoms with Crippen molar-refractivity contribution >= 4 is 10.0 Å². The summed E-state index contributed by atoms with van der Waals surface area (Å²) in [6.07, 6.45) is 9.38. The Hall–Kier alpha value is -1.31. The predicted octanol–water partition coefficient (Wildman–Crippen LogP) is 1.48. The molecule has 0 fully saturated rings. The molecule has 90 valence electrons. The molecule has 0 bridgehead atoms. The molecular weight excluding hydrogens is 234 g/mol. The third-order valence-electron chi connectivity index (χ3n) is 2.99. The number of sulfonamides is 1. The highest BCUT2D eigenvalue weighted by atomic mass is 32.2. The summed E-state index contributed by atoms with van der Waals surface area (Å²) in [6, 6.07) is 5.34. The van der Waals surface area contributed by atoms with Gasteiger partial charge < -0.3 is 0 Å². The van der Waals surface area contributed by atoms with Crippen molar-refractivity contribution in [2.24, 2.45) is 0 Å². The largest absolute Gasteiger partial charge is 0.241 e. The third kappa shape index (κ3) is 2.68. The quantitative estimate of drug-likeness (QED) is 0.825. The van der Waals surface area contributed by atoms with E-state index in [2.05, 4.69) is 10.6 Å². The number of benzene rings is 1. The van der Waals surface area contributed by atoms with Crippen LogP contribution in [0.3, 0.4) is 0 Å². The Morgan fingerprint density at radius 1 is 1.24 bits per heavy atom. The number of aryl methyl sites for hydroxylation is 2. The van der Waals surface area contributed by atoms with Crippen molar-refractivity contribution in [1.29, 1.82) is 0 Å². The van der Waals surface area contributed by atoms with Gasteiger partial charge in [0.05, 0.1) is 11.4 Å². The van der Waals surface area contributed by atoms with E-state index >= 15 is 0 Å². The van der Waals surface area contributed by atoms with Crippen molar-refractivity contribution < 1.29 is 8.42 Å². The number of rotatable bonds is 3. The normalized spacial score (nSPS) is 15.0. The van der Waals surface area contributed by atoms with Crippen LogP contribution < -0.4 is 4.72 Å². The molecular formula is C13H15NO2S. The Labute approximate surface area is 102 Å². The molecule has 0 aliphatic heterocycles. The third-order valence-corrected chi connectivity index (χ3v) is 4.39. The summed E-state index contributed by atoms with van der Waals surface area (Å²) in [6.45, 7) is 0.0272. The lowest BCUT2D eigenvalue weighted by atomic mass is 9.92. The molecule has 0 spiro atoms. The lowest BCUT2D eigenvalue weighted by molar-refractivity contribution is 0.585. The van der Waals surface area contributed by atoms with Crippen LogP contribution in [0.4, 0.5) is 0 Å². The summed E-state index contributed by atoms with van der Waals surface area (Å²) < 4.78 is 26.1. The smallest absolute Gasteiger partial charge is 0.207 e. The summed E-state index contributed by atoms with van der Waals surface area (Å²) >= 11 is 0. The molecule has 0 atom stereocenters. The molecule has 0 heterocycles. The second-order valence-corrected chi connectivity index (χ2v) is 5.93. The fraction of sp³-hybridized carbons (Fsp3) is 0.385. The zero-order valence-electron chi connectivity index (χ0n) is 9.57. The van der Waals surface area contributed by atoms with Gasteiger partial charge in [0.25, 0.3) is 0 Å². The van der Waals surface area contributed by atoms with E-state index in [1.807, 2.05) is 6.07 Å². The van der Waals surface area contributed by atoms with Crippen LogP contribution in [0.2, 0.25) is 0 Å². The highest BCUT2D eigenvalue weighted by molar-refractivity contribution is 7.89. The highest BCUT2D eigenvalue weighted by Gasteiger charge is 2.16. The van der Waals surface area contributed by atoms with Crippen molar-refractivity contribution in [3.63, 3.8) is 0 Å². The second kappa shape index (κ2) is 4.91. The van der Waals surface area contributed by atoms with Gasteiger partial charge in [-0.05, 0) is 48.9 Å². The van der Waals surface area contributed by atoms with E-state index in [0.29, 0.717) is 4.90 Å². The molecule has 3 nitrogen and oxygen atoms in total. The first-order valence-corrected chi connectivity index (χ1v) is 7.17. The Balaban J connectivity index is 2.31. The minimum atomic E-state index is -3.45. The summed E-state index contributed by atoms with van der Waals surface area (Å²) in [7, 11) is -3.45. The average molecular weight is 249 g/mol. The van der Waals surface area contributed by atoms with Crippen molar-refractivity contribution in [2.75, 3.05) is 6.54 Å². The van der Waals surface area contributed by atoms with Crippen LogP contribution in [-0.4, -0.2) is 15.0 Å². The van der Waals surface area contributed by atoms with Gasteiger partial charge >= 0.3 is 0 Å². The van der Waals surface area contributed by atoms with Crippen LogP contribution >= 0.6 is 0 Å². The lowest BCUT2D eigenvalue weighted by Crippen LogP contribution is -2.24. The van der Waals surface area contributed by atoms with E-state index in [0.717, 1.165) is 24.8 Å². The highest BCUT2D eigenvalue weighted by Crippen LogP contribution is 2.23. The van der Waals surface area contributed by atoms with Crippen LogP contribution in [0.1, 0.15) is 24.0 Å². The van der Waals surface area contributed by atoms with E-state index in [4.69, 9.17) is 6.42 Å². The molecule has 1 N–H and O–H groups in total. The molecule has 2 rings (SSSR count). The van der Waals surface area contributed by atoms with Crippen molar-refractivity contribution in [3.8, 4) is 12.3 Å². The Morgan fingerprint density at radius 2 is 1.94 bits per heavy atom. The molecule has 1 aromatic carbocycles. The van der Waals surface area contributed by atoms with Gasteiger partial charge in [0.2, 0.25) is 10.0 Å². The maximum absolute atomic E-state index is 11.9. The van der Waals surface area contributed by atoms with Gasteiger partial charge in [0.1, 0.15) is 0 Å². The average Bonchev–Trinajstić information content (AvgIpc) is 2.36. The number of hydrogen-bond donors (Lipinski definition) is 1. The molecule has 1 aromatic rings. The molecule has 0 saturated carbocycles. The van der Waals surface area contributed by atoms with Gasteiger partial charge in [0.15, 0.2) is 0 Å². The first-order valence-electron chi connectivity index (χ1n) is 5.68. The predicted molar refractivity (Wildman–Crippen MR) is 67.1 cm³/mol. The SMILES string of the molecule is C#CCNS(=O)(=O)c1ccc2c(c1)CCCC2. The fourth-order valence-corrected chi connectivity index (χ4v) is 3.08. The van der Waals surface area contributed by atoms with Crippen LogP contribution in [0.15, 0.2) is 23.1 Å². The van der Waals surface area contributed by atoms with E-state index in [-0.39, 0.29) is 6.54 Å². The molecule has 1 aliphatic rings. The number of nitrogens with one attached hydrogen (secondary N) is 1. The minimum Gasteiger partial charge on any atom is -0.207 e. The maximum atomic E-state index is 11.9. The first kappa shape index (κ1) is 12.2. The summed E-state index contributed by atoms with van der Waals surface area (Å²) in [5, 5.41) is 0. The minimum absolute atomic E-state index is 0.0272. The van der Waals surface area contributed by atoms with Gasteiger partial charge in [-0.3, -0.25) is 0 Å². The first-order chi connectivity index (χ1) is 8.13. The van der Waals surface area contributed by atoms with Crippen LogP contribution in [0, 0.1) is 12.3 Å². The van der Waals surface area contributed by atoms with E-state index in [9.17, 15) is 8.42 Å². The molecule has 0 saturated heterocycles. The summed E-state index contributed by atoms with van der Waals surface area (Å²) in [5.41, 5.74) is 2.42. The zero-order chi connectivity index (χ0) is 12.3. The van der Waals surface area contributed by atoms with E-state index < -0.39 is 10.0 Å². The molecule has 4 heteroatoms. The maximum Gasteiger partial charge on any atom is 0.241 e. The lowest BCUT2D eigenvalue weighted by Gasteiger charge is -2.16. The molecule has 17 heavy (non-hydrogen) atoms. The Kier molecular flexibility index (Phi) is 3.51. The molecule has 0 unspecified atom stereocenters. The topological polar surface area (TPSA) is 46.2 Å². The molecule has 0 amide bonds. The summed E-state index contributed by atoms with van der Waals surface area (Å²) in [5.74, 6) is 2.27. The van der Waals surface area contributed by atoms with E-state index in [1.165, 1.54) is 12.0 Å². The fourth-order valence-electron chi connectivity index (χ4n) is 2.10. The standard InChI is InChI=1S/C13H15NO2S/c1-2-9-14-17(15,16)13-8-7-11-5-3-4-6-12(11)10-13/h1,7-8,10,14H,3-6,9H2. The van der Waals surface area contributed by atoms with Crippen LogP contribution in [0.5, 0.6) is 0 Å². The monoisotopic (exact) mass is 249 g/mol. The van der Waals surface area contributed by atoms with Crippen molar-refractivity contribution in [3.05, 3.63) is 29.3 Å². The number of hydrogen-bond acceptors (Lipinski definition) is 2. The van der Waals surface area contributed by atoms with Gasteiger partial charge in [-0.25, -0.2) is 8.42 Å². The van der Waals surface area contributed by atoms with Gasteiger partial charge in [-0.15, -0.1) is 6.42 Å². The molecule has 0 radical (unpaired) electrons.